The number of rotatable bonds is 6. The molecule has 2 atom stereocenters. The number of hydrogen-bond acceptors (Lipinski definition) is 4. The Labute approximate surface area is 155 Å². The van der Waals surface area contributed by atoms with Gasteiger partial charge in [-0.1, -0.05) is 25.4 Å². The van der Waals surface area contributed by atoms with Crippen LogP contribution in [0.25, 0.3) is 0 Å². The number of ether oxygens (including phenoxy) is 1. The van der Waals surface area contributed by atoms with Crippen LogP contribution in [0, 0.1) is 11.7 Å². The molecule has 7 heteroatoms. The summed E-state index contributed by atoms with van der Waals surface area (Å²) >= 11 is 7.19. The molecule has 0 aliphatic heterocycles. The minimum Gasteiger partial charge on any atom is -0.465 e. The van der Waals surface area contributed by atoms with Crippen molar-refractivity contribution in [3.8, 4) is 0 Å². The first-order chi connectivity index (χ1) is 11.8. The number of esters is 1. The highest BCUT2D eigenvalue weighted by Gasteiger charge is 2.20. The number of carbonyl (C=O) groups is 2. The first-order valence-corrected chi connectivity index (χ1v) is 9.00. The normalized spacial score (nSPS) is 13.2. The van der Waals surface area contributed by atoms with E-state index in [0.717, 1.165) is 4.88 Å². The number of nitrogens with one attached hydrogen (secondary N) is 1. The van der Waals surface area contributed by atoms with E-state index in [1.54, 1.807) is 11.4 Å². The number of hydrogen-bond donors (Lipinski definition) is 1. The van der Waals surface area contributed by atoms with E-state index in [2.05, 4.69) is 5.32 Å². The van der Waals surface area contributed by atoms with Crippen LogP contribution in [-0.4, -0.2) is 19.0 Å². The maximum atomic E-state index is 13.2. The Hall–Kier alpha value is -1.92. The average molecular weight is 384 g/mol. The Morgan fingerprint density at radius 3 is 2.68 bits per heavy atom. The van der Waals surface area contributed by atoms with Crippen molar-refractivity contribution >= 4 is 40.5 Å². The molecule has 134 valence electrons. The number of amides is 1. The maximum absolute atomic E-state index is 13.2. The van der Waals surface area contributed by atoms with Gasteiger partial charge in [-0.3, -0.25) is 4.79 Å². The van der Waals surface area contributed by atoms with Crippen LogP contribution in [-0.2, 0) is 9.53 Å². The Bertz CT molecular complexity index is 777. The Morgan fingerprint density at radius 2 is 2.04 bits per heavy atom. The molecule has 0 aliphatic rings. The molecule has 2 unspecified atom stereocenters. The number of methoxy groups -OCH3 is 1. The van der Waals surface area contributed by atoms with Crippen LogP contribution in [0.1, 0.15) is 41.4 Å². The van der Waals surface area contributed by atoms with Gasteiger partial charge in [0.25, 0.3) is 0 Å². The Balaban J connectivity index is 1.96. The van der Waals surface area contributed by atoms with Crippen LogP contribution < -0.4 is 5.32 Å². The van der Waals surface area contributed by atoms with E-state index in [9.17, 15) is 14.0 Å². The molecule has 0 bridgehead atoms. The standard InChI is InChI=1S/C18H19ClFNO3S/c1-10(16-7-12(9-25-16)18(23)24-3)6-11(2)17(22)21-13-4-5-15(20)14(19)8-13/h4-5,7-11H,6H2,1-3H3,(H,21,22). The highest BCUT2D eigenvalue weighted by molar-refractivity contribution is 7.10. The van der Waals surface area contributed by atoms with Gasteiger partial charge in [0.05, 0.1) is 17.7 Å². The van der Waals surface area contributed by atoms with Crippen LogP contribution in [0.4, 0.5) is 10.1 Å². The number of halogens is 2. The fourth-order valence-electron chi connectivity index (χ4n) is 2.43. The maximum Gasteiger partial charge on any atom is 0.338 e. The molecule has 1 aromatic heterocycles. The number of thiophene rings is 1. The Morgan fingerprint density at radius 1 is 1.32 bits per heavy atom. The summed E-state index contributed by atoms with van der Waals surface area (Å²) in [6, 6.07) is 5.86. The third-order valence-electron chi connectivity index (χ3n) is 3.87. The molecule has 25 heavy (non-hydrogen) atoms. The third kappa shape index (κ3) is 5.03. The monoisotopic (exact) mass is 383 g/mol. The fourth-order valence-corrected chi connectivity index (χ4v) is 3.56. The minimum atomic E-state index is -0.527. The first-order valence-electron chi connectivity index (χ1n) is 7.74. The second kappa shape index (κ2) is 8.45. The predicted molar refractivity (Wildman–Crippen MR) is 97.9 cm³/mol. The summed E-state index contributed by atoms with van der Waals surface area (Å²) in [5.41, 5.74) is 0.979. The van der Waals surface area contributed by atoms with E-state index in [1.165, 1.54) is 36.6 Å². The molecule has 1 heterocycles. The zero-order valence-electron chi connectivity index (χ0n) is 14.1. The lowest BCUT2D eigenvalue weighted by Gasteiger charge is -2.16. The van der Waals surface area contributed by atoms with Gasteiger partial charge in [-0.25, -0.2) is 9.18 Å². The lowest BCUT2D eigenvalue weighted by atomic mass is 9.95. The highest BCUT2D eigenvalue weighted by Crippen LogP contribution is 2.30. The molecule has 1 aromatic carbocycles. The van der Waals surface area contributed by atoms with E-state index in [1.807, 2.05) is 13.8 Å². The molecule has 4 nitrogen and oxygen atoms in total. The summed E-state index contributed by atoms with van der Waals surface area (Å²) in [5, 5.41) is 4.46. The number of benzene rings is 1. The molecule has 2 aromatic rings. The lowest BCUT2D eigenvalue weighted by molar-refractivity contribution is -0.119. The zero-order valence-corrected chi connectivity index (χ0v) is 15.7. The number of carbonyl (C=O) groups excluding carboxylic acids is 2. The second-order valence-corrected chi connectivity index (χ2v) is 7.24. The average Bonchev–Trinajstić information content (AvgIpc) is 3.07. The van der Waals surface area contributed by atoms with E-state index in [0.29, 0.717) is 17.7 Å². The van der Waals surface area contributed by atoms with Crippen LogP contribution in [0.3, 0.4) is 0 Å². The molecule has 2 rings (SSSR count). The second-order valence-electron chi connectivity index (χ2n) is 5.89. The molecular formula is C18H19ClFNO3S. The van der Waals surface area contributed by atoms with Gasteiger partial charge in [-0.2, -0.15) is 0 Å². The lowest BCUT2D eigenvalue weighted by Crippen LogP contribution is -2.21. The summed E-state index contributed by atoms with van der Waals surface area (Å²) in [6.45, 7) is 3.83. The molecule has 0 saturated heterocycles. The molecule has 0 saturated carbocycles. The van der Waals surface area contributed by atoms with Crippen molar-refractivity contribution in [1.29, 1.82) is 0 Å². The van der Waals surface area contributed by atoms with Crippen molar-refractivity contribution in [2.75, 3.05) is 12.4 Å². The van der Waals surface area contributed by atoms with Gasteiger partial charge in [0.2, 0.25) is 5.91 Å². The molecule has 0 spiro atoms. The summed E-state index contributed by atoms with van der Waals surface area (Å²) in [7, 11) is 1.34. The third-order valence-corrected chi connectivity index (χ3v) is 5.32. The van der Waals surface area contributed by atoms with Gasteiger partial charge in [-0.15, -0.1) is 11.3 Å². The topological polar surface area (TPSA) is 55.4 Å². The van der Waals surface area contributed by atoms with Gasteiger partial charge in [0.1, 0.15) is 5.82 Å². The van der Waals surface area contributed by atoms with Crippen molar-refractivity contribution < 1.29 is 18.7 Å². The van der Waals surface area contributed by atoms with Crippen LogP contribution >= 0.6 is 22.9 Å². The summed E-state index contributed by atoms with van der Waals surface area (Å²) < 4.78 is 17.9. The van der Waals surface area contributed by atoms with Crippen molar-refractivity contribution in [3.05, 3.63) is 50.9 Å². The van der Waals surface area contributed by atoms with Gasteiger partial charge < -0.3 is 10.1 Å². The van der Waals surface area contributed by atoms with E-state index in [-0.39, 0.29) is 28.7 Å². The summed E-state index contributed by atoms with van der Waals surface area (Å²) in [5.74, 6) is -1.21. The van der Waals surface area contributed by atoms with Crippen molar-refractivity contribution in [3.63, 3.8) is 0 Å². The van der Waals surface area contributed by atoms with E-state index >= 15 is 0 Å². The molecular weight excluding hydrogens is 365 g/mol. The van der Waals surface area contributed by atoms with Crippen molar-refractivity contribution in [2.45, 2.75) is 26.2 Å². The molecule has 1 N–H and O–H groups in total. The van der Waals surface area contributed by atoms with Gasteiger partial charge in [0.15, 0.2) is 0 Å². The highest BCUT2D eigenvalue weighted by atomic mass is 35.5. The smallest absolute Gasteiger partial charge is 0.338 e. The van der Waals surface area contributed by atoms with Crippen molar-refractivity contribution in [2.24, 2.45) is 5.92 Å². The fraction of sp³-hybridized carbons (Fsp3) is 0.333. The van der Waals surface area contributed by atoms with E-state index in [4.69, 9.17) is 16.3 Å². The molecule has 0 aliphatic carbocycles. The summed E-state index contributed by atoms with van der Waals surface area (Å²) in [6.07, 6.45) is 0.613. The first kappa shape index (κ1) is 19.4. The van der Waals surface area contributed by atoms with Gasteiger partial charge in [-0.05, 0) is 36.6 Å². The largest absolute Gasteiger partial charge is 0.465 e. The van der Waals surface area contributed by atoms with Crippen molar-refractivity contribution in [1.82, 2.24) is 0 Å². The Kier molecular flexibility index (Phi) is 6.56. The molecule has 0 radical (unpaired) electrons. The summed E-state index contributed by atoms with van der Waals surface area (Å²) in [4.78, 5) is 24.9. The zero-order chi connectivity index (χ0) is 18.6. The van der Waals surface area contributed by atoms with Gasteiger partial charge in [0, 0.05) is 21.9 Å². The molecule has 1 amide bonds. The van der Waals surface area contributed by atoms with Crippen LogP contribution in [0.2, 0.25) is 5.02 Å². The minimum absolute atomic E-state index is 0.0345. The molecule has 0 fully saturated rings. The van der Waals surface area contributed by atoms with E-state index < -0.39 is 5.82 Å². The van der Waals surface area contributed by atoms with Crippen LogP contribution in [0.15, 0.2) is 29.6 Å². The SMILES string of the molecule is COC(=O)c1csc(C(C)CC(C)C(=O)Nc2ccc(F)c(Cl)c2)c1. The van der Waals surface area contributed by atoms with Gasteiger partial charge >= 0.3 is 5.97 Å². The quantitative estimate of drug-likeness (QED) is 0.706. The van der Waals surface area contributed by atoms with Crippen LogP contribution in [0.5, 0.6) is 0 Å². The number of anilines is 1. The predicted octanol–water partition coefficient (Wildman–Crippen LogP) is 5.10.